The first-order valence-electron chi connectivity index (χ1n) is 12.1. The number of fused-ring (bicyclic) bond motifs is 3. The first kappa shape index (κ1) is 21.7. The van der Waals surface area contributed by atoms with Gasteiger partial charge in [0, 0.05) is 26.6 Å². The van der Waals surface area contributed by atoms with E-state index in [9.17, 15) is 0 Å². The quantitative estimate of drug-likeness (QED) is 0.449. The van der Waals surface area contributed by atoms with Gasteiger partial charge in [-0.3, -0.25) is 0 Å². The predicted molar refractivity (Wildman–Crippen MR) is 135 cm³/mol. The summed E-state index contributed by atoms with van der Waals surface area (Å²) >= 11 is 0. The maximum Gasteiger partial charge on any atom is 0.0456 e. The average Bonchev–Trinajstić information content (AvgIpc) is 2.73. The van der Waals surface area contributed by atoms with Crippen molar-refractivity contribution in [3.05, 3.63) is 65.2 Å². The molecule has 0 unspecified atom stereocenters. The zero-order chi connectivity index (χ0) is 21.7. The molecule has 0 N–H and O–H groups in total. The molecule has 30 heavy (non-hydrogen) atoms. The fourth-order valence-corrected chi connectivity index (χ4v) is 11.0. The third-order valence-electron chi connectivity index (χ3n) is 8.73. The Morgan fingerprint density at radius 3 is 1.97 bits per heavy atom. The lowest BCUT2D eigenvalue weighted by atomic mass is 9.74. The summed E-state index contributed by atoms with van der Waals surface area (Å²) in [5.41, 5.74) is 6.55. The van der Waals surface area contributed by atoms with Crippen molar-refractivity contribution in [1.82, 2.24) is 0 Å². The molecule has 4 atom stereocenters. The second-order valence-corrected chi connectivity index (χ2v) is 14.5. The molecule has 162 valence electrons. The van der Waals surface area contributed by atoms with Gasteiger partial charge in [-0.1, -0.05) is 89.7 Å². The van der Waals surface area contributed by atoms with Crippen molar-refractivity contribution in [2.45, 2.75) is 95.3 Å². The Morgan fingerprint density at radius 1 is 0.833 bits per heavy atom. The van der Waals surface area contributed by atoms with Crippen molar-refractivity contribution in [2.24, 2.45) is 0 Å². The molecule has 0 radical (unpaired) electrons. The second kappa shape index (κ2) is 7.86. The first-order valence-corrected chi connectivity index (χ1v) is 14.7. The van der Waals surface area contributed by atoms with E-state index in [1.54, 1.807) is 22.4 Å². The number of para-hydroxylation sites is 1. The van der Waals surface area contributed by atoms with E-state index in [4.69, 9.17) is 0 Å². The van der Waals surface area contributed by atoms with Crippen LogP contribution in [0.3, 0.4) is 0 Å². The van der Waals surface area contributed by atoms with Crippen LogP contribution in [0.1, 0.15) is 88.8 Å². The molecule has 0 saturated carbocycles. The summed E-state index contributed by atoms with van der Waals surface area (Å²) in [7, 11) is -0.875. The molecule has 2 aromatic carbocycles. The number of hydrogen-bond acceptors (Lipinski definition) is 1. The minimum Gasteiger partial charge on any atom is -0.366 e. The summed E-state index contributed by atoms with van der Waals surface area (Å²) in [5, 5.41) is 0.484. The van der Waals surface area contributed by atoms with E-state index in [2.05, 4.69) is 102 Å². The van der Waals surface area contributed by atoms with Crippen molar-refractivity contribution < 1.29 is 0 Å². The van der Waals surface area contributed by atoms with Crippen LogP contribution in [0.25, 0.3) is 0 Å². The Bertz CT molecular complexity index is 863. The molecule has 3 aliphatic rings. The van der Waals surface area contributed by atoms with Crippen molar-refractivity contribution in [3.63, 3.8) is 0 Å². The zero-order valence-electron chi connectivity index (χ0n) is 20.2. The van der Waals surface area contributed by atoms with Gasteiger partial charge in [0.05, 0.1) is 0 Å². The molecule has 3 heterocycles. The highest BCUT2D eigenvalue weighted by Crippen LogP contribution is 2.62. The van der Waals surface area contributed by atoms with Gasteiger partial charge in [0.1, 0.15) is 0 Å². The highest BCUT2D eigenvalue weighted by molar-refractivity contribution is 6.62. The third-order valence-corrected chi connectivity index (χ3v) is 13.2. The van der Waals surface area contributed by atoms with Crippen LogP contribution >= 0.6 is 0 Å². The van der Waals surface area contributed by atoms with Crippen LogP contribution in [-0.2, 0) is 0 Å². The van der Waals surface area contributed by atoms with Crippen molar-refractivity contribution in [3.8, 4) is 0 Å². The van der Waals surface area contributed by atoms with Gasteiger partial charge in [0.2, 0.25) is 0 Å². The third kappa shape index (κ3) is 3.36. The molecule has 3 aliphatic heterocycles. The summed E-state index contributed by atoms with van der Waals surface area (Å²) in [6.07, 6.45) is 2.75. The van der Waals surface area contributed by atoms with Crippen LogP contribution in [0.15, 0.2) is 48.5 Å². The monoisotopic (exact) mass is 419 g/mol. The van der Waals surface area contributed by atoms with E-state index >= 15 is 0 Å². The van der Waals surface area contributed by atoms with E-state index in [0.717, 1.165) is 0 Å². The van der Waals surface area contributed by atoms with Crippen LogP contribution in [-0.4, -0.2) is 20.9 Å². The highest BCUT2D eigenvalue weighted by Gasteiger charge is 2.57. The fraction of sp³-hybridized carbons (Fsp3) is 0.571. The van der Waals surface area contributed by atoms with Crippen molar-refractivity contribution in [1.29, 1.82) is 0 Å². The molecule has 2 bridgehead atoms. The normalized spacial score (nSPS) is 29.6. The maximum atomic E-state index is 2.91. The number of benzene rings is 2. The molecular formula is C28H41NSi. The first-order chi connectivity index (χ1) is 14.2. The van der Waals surface area contributed by atoms with E-state index < -0.39 is 8.80 Å². The predicted octanol–water partition coefficient (Wildman–Crippen LogP) is 7.71. The van der Waals surface area contributed by atoms with Gasteiger partial charge in [0.15, 0.2) is 0 Å². The average molecular weight is 420 g/mol. The summed E-state index contributed by atoms with van der Waals surface area (Å²) in [6.45, 7) is 18.5. The zero-order valence-corrected chi connectivity index (χ0v) is 21.4. The Labute approximate surface area is 186 Å². The molecule has 3 fully saturated rings. The Morgan fingerprint density at radius 2 is 1.43 bits per heavy atom. The maximum absolute atomic E-state index is 2.91. The van der Waals surface area contributed by atoms with E-state index in [0.29, 0.717) is 28.3 Å². The molecule has 0 spiro atoms. The van der Waals surface area contributed by atoms with Gasteiger partial charge in [-0.25, -0.2) is 0 Å². The number of rotatable bonds is 5. The van der Waals surface area contributed by atoms with Gasteiger partial charge in [-0.2, -0.15) is 0 Å². The van der Waals surface area contributed by atoms with Gasteiger partial charge >= 0.3 is 0 Å². The second-order valence-electron chi connectivity index (χ2n) is 11.1. The Balaban J connectivity index is 1.84. The minimum atomic E-state index is -0.875. The molecule has 2 aromatic rings. The summed E-state index contributed by atoms with van der Waals surface area (Å²) in [6, 6.07) is 19.9. The molecule has 2 heteroatoms. The van der Waals surface area contributed by atoms with Crippen LogP contribution in [0.5, 0.6) is 0 Å². The van der Waals surface area contributed by atoms with Gasteiger partial charge < -0.3 is 4.90 Å². The van der Waals surface area contributed by atoms with E-state index in [-0.39, 0.29) is 0 Å². The SMILES string of the molecule is CC(C)c1cccc(C(C)C)c1N1C[C@]2([C@@H](C)c3ccccc3)CC[C@@]1(C)C[Si@@H]2C. The molecular weight excluding hydrogens is 378 g/mol. The minimum absolute atomic E-state index is 0.332. The van der Waals surface area contributed by atoms with Crippen molar-refractivity contribution >= 4 is 14.5 Å². The van der Waals surface area contributed by atoms with Crippen molar-refractivity contribution in [2.75, 3.05) is 11.4 Å². The summed E-state index contributed by atoms with van der Waals surface area (Å²) in [5.74, 6) is 1.75. The van der Waals surface area contributed by atoms with E-state index in [1.165, 1.54) is 25.4 Å². The molecule has 0 aliphatic carbocycles. The van der Waals surface area contributed by atoms with Crippen LogP contribution in [0.2, 0.25) is 17.6 Å². The lowest BCUT2D eigenvalue weighted by Crippen LogP contribution is -2.66. The largest absolute Gasteiger partial charge is 0.366 e. The standard InChI is InChI=1S/C28H41NSi/c1-20(2)24-14-11-15-25(21(3)4)26(24)29-18-28(17-16-27(29,6)19-30(28)7)22(5)23-12-9-8-10-13-23/h8-15,20-22,30H,16-19H2,1-7H3/t22-,27-,28-,30-/m0/s1. The molecule has 1 nitrogen and oxygen atoms in total. The van der Waals surface area contributed by atoms with Gasteiger partial charge in [0.25, 0.3) is 0 Å². The van der Waals surface area contributed by atoms with Gasteiger partial charge in [-0.15, -0.1) is 0 Å². The highest BCUT2D eigenvalue weighted by atomic mass is 28.3. The lowest BCUT2D eigenvalue weighted by molar-refractivity contribution is 0.242. The Kier molecular flexibility index (Phi) is 5.68. The molecule has 5 rings (SSSR count). The number of anilines is 1. The lowest BCUT2D eigenvalue weighted by Gasteiger charge is -2.64. The van der Waals surface area contributed by atoms with Gasteiger partial charge in [-0.05, 0) is 65.3 Å². The topological polar surface area (TPSA) is 3.24 Å². The molecule has 0 amide bonds. The molecule has 0 aromatic heterocycles. The number of nitrogens with zero attached hydrogens (tertiary/aromatic N) is 1. The summed E-state index contributed by atoms with van der Waals surface area (Å²) in [4.78, 5) is 2.91. The molecule has 3 saturated heterocycles. The van der Waals surface area contributed by atoms with Crippen LogP contribution in [0.4, 0.5) is 5.69 Å². The van der Waals surface area contributed by atoms with Crippen LogP contribution < -0.4 is 4.90 Å². The van der Waals surface area contributed by atoms with E-state index in [1.807, 2.05) is 0 Å². The fourth-order valence-electron chi connectivity index (χ4n) is 6.70. The van der Waals surface area contributed by atoms with Crippen LogP contribution in [0, 0.1) is 0 Å². The Hall–Kier alpha value is -1.54. The number of hydrogen-bond donors (Lipinski definition) is 0. The summed E-state index contributed by atoms with van der Waals surface area (Å²) < 4.78 is 0. The smallest absolute Gasteiger partial charge is 0.0456 e. The number of piperidine rings is 1.